The van der Waals surface area contributed by atoms with Gasteiger partial charge in [0, 0.05) is 31.0 Å². The normalized spacial score (nSPS) is 33.1. The van der Waals surface area contributed by atoms with E-state index in [2.05, 4.69) is 20.8 Å². The molecule has 0 radical (unpaired) electrons. The molecule has 0 aliphatic carbocycles. The molecule has 2 rings (SSSR count). The molecule has 0 bridgehead atoms. The molecule has 2 atom stereocenters. The Hall–Kier alpha value is 0.350. The van der Waals surface area contributed by atoms with Gasteiger partial charge in [0.1, 0.15) is 0 Å². The minimum Gasteiger partial charge on any atom is -0.302 e. The molecule has 2 fully saturated rings. The third-order valence-electron chi connectivity index (χ3n) is 3.68. The topological polar surface area (TPSA) is 40.6 Å². The van der Waals surface area contributed by atoms with Crippen LogP contribution in [0, 0.1) is 5.92 Å². The molecule has 0 aromatic heterocycles. The largest absolute Gasteiger partial charge is 0.302 e. The molecule has 17 heavy (non-hydrogen) atoms. The van der Waals surface area contributed by atoms with Gasteiger partial charge in [-0.2, -0.15) is 0 Å². The molecular formula is C11H21BrN2O2S. The Morgan fingerprint density at radius 3 is 2.59 bits per heavy atom. The van der Waals surface area contributed by atoms with Gasteiger partial charge in [0.25, 0.3) is 0 Å². The summed E-state index contributed by atoms with van der Waals surface area (Å²) in [5.41, 5.74) is 0. The van der Waals surface area contributed by atoms with Crippen molar-refractivity contribution < 1.29 is 8.42 Å². The van der Waals surface area contributed by atoms with Crippen molar-refractivity contribution in [3.8, 4) is 0 Å². The summed E-state index contributed by atoms with van der Waals surface area (Å²) in [5, 5.41) is 0. The van der Waals surface area contributed by atoms with Gasteiger partial charge in [0.15, 0.2) is 0 Å². The van der Waals surface area contributed by atoms with Crippen molar-refractivity contribution in [2.45, 2.75) is 24.1 Å². The Morgan fingerprint density at radius 1 is 1.24 bits per heavy atom. The first-order valence-corrected chi connectivity index (χ1v) is 9.03. The highest BCUT2D eigenvalue weighted by atomic mass is 79.9. The first-order chi connectivity index (χ1) is 7.95. The Bertz CT molecular complexity index is 360. The summed E-state index contributed by atoms with van der Waals surface area (Å²) < 4.78 is 24.7. The Labute approximate surface area is 113 Å². The maximum absolute atomic E-state index is 11.5. The molecule has 6 heteroatoms. The van der Waals surface area contributed by atoms with Crippen molar-refractivity contribution in [2.75, 3.05) is 39.0 Å². The van der Waals surface area contributed by atoms with E-state index in [9.17, 15) is 8.42 Å². The zero-order valence-electron chi connectivity index (χ0n) is 10.3. The first-order valence-electron chi connectivity index (χ1n) is 6.26. The van der Waals surface area contributed by atoms with Crippen LogP contribution in [0.5, 0.6) is 0 Å². The van der Waals surface area contributed by atoms with Crippen LogP contribution in [0.15, 0.2) is 0 Å². The highest BCUT2D eigenvalue weighted by Gasteiger charge is 2.29. The number of nitrogens with zero attached hydrogens (tertiary/aromatic N) is 2. The molecule has 0 aromatic rings. The van der Waals surface area contributed by atoms with E-state index in [0.717, 1.165) is 32.5 Å². The van der Waals surface area contributed by atoms with Gasteiger partial charge in [-0.25, -0.2) is 12.7 Å². The van der Waals surface area contributed by atoms with Crippen molar-refractivity contribution in [3.05, 3.63) is 0 Å². The number of halogens is 1. The second kappa shape index (κ2) is 5.55. The molecule has 0 spiro atoms. The summed E-state index contributed by atoms with van der Waals surface area (Å²) in [6.45, 7) is 4.72. The second-order valence-electron chi connectivity index (χ2n) is 5.27. The SMILES string of the molecule is CS(=O)(=O)N1CCCC(CN2CCC(Br)C2)C1. The molecule has 2 saturated heterocycles. The highest BCUT2D eigenvalue weighted by Crippen LogP contribution is 2.23. The monoisotopic (exact) mass is 324 g/mol. The fourth-order valence-electron chi connectivity index (χ4n) is 2.79. The predicted molar refractivity (Wildman–Crippen MR) is 72.9 cm³/mol. The standard InChI is InChI=1S/C11H21BrN2O2S/c1-17(15,16)14-5-2-3-10(8-14)7-13-6-4-11(12)9-13/h10-11H,2-9H2,1H3. The van der Waals surface area contributed by atoms with Gasteiger partial charge in [-0.15, -0.1) is 0 Å². The van der Waals surface area contributed by atoms with Gasteiger partial charge in [-0.1, -0.05) is 15.9 Å². The van der Waals surface area contributed by atoms with Crippen LogP contribution >= 0.6 is 15.9 Å². The lowest BCUT2D eigenvalue weighted by molar-refractivity contribution is 0.201. The van der Waals surface area contributed by atoms with Gasteiger partial charge in [-0.05, 0) is 31.7 Å². The van der Waals surface area contributed by atoms with E-state index in [1.807, 2.05) is 0 Å². The Kier molecular flexibility index (Phi) is 4.50. The van der Waals surface area contributed by atoms with Crippen molar-refractivity contribution in [1.82, 2.24) is 9.21 Å². The average molecular weight is 325 g/mol. The summed E-state index contributed by atoms with van der Waals surface area (Å²) in [4.78, 5) is 3.08. The molecule has 4 nitrogen and oxygen atoms in total. The van der Waals surface area contributed by atoms with Crippen molar-refractivity contribution in [2.24, 2.45) is 5.92 Å². The summed E-state index contributed by atoms with van der Waals surface area (Å²) in [6.07, 6.45) is 4.70. The lowest BCUT2D eigenvalue weighted by atomic mass is 9.99. The number of hydrogen-bond donors (Lipinski definition) is 0. The molecular weight excluding hydrogens is 304 g/mol. The summed E-state index contributed by atoms with van der Waals surface area (Å²) >= 11 is 3.64. The molecule has 0 amide bonds. The fraction of sp³-hybridized carbons (Fsp3) is 1.00. The van der Waals surface area contributed by atoms with E-state index in [0.29, 0.717) is 23.8 Å². The molecule has 2 aliphatic rings. The van der Waals surface area contributed by atoms with Gasteiger partial charge in [-0.3, -0.25) is 0 Å². The maximum atomic E-state index is 11.5. The fourth-order valence-corrected chi connectivity index (χ4v) is 4.35. The van der Waals surface area contributed by atoms with Crippen LogP contribution in [-0.4, -0.2) is 61.4 Å². The zero-order chi connectivity index (χ0) is 12.5. The van der Waals surface area contributed by atoms with Crippen LogP contribution in [0.4, 0.5) is 0 Å². The third kappa shape index (κ3) is 3.91. The van der Waals surface area contributed by atoms with E-state index in [4.69, 9.17) is 0 Å². The van der Waals surface area contributed by atoms with Crippen molar-refractivity contribution >= 4 is 26.0 Å². The van der Waals surface area contributed by atoms with Crippen LogP contribution in [0.1, 0.15) is 19.3 Å². The third-order valence-corrected chi connectivity index (χ3v) is 5.70. The molecule has 0 saturated carbocycles. The Balaban J connectivity index is 1.85. The average Bonchev–Trinajstić information content (AvgIpc) is 2.63. The summed E-state index contributed by atoms with van der Waals surface area (Å²) in [6, 6.07) is 0. The number of piperidine rings is 1. The van der Waals surface area contributed by atoms with E-state index in [-0.39, 0.29) is 0 Å². The van der Waals surface area contributed by atoms with E-state index in [1.54, 1.807) is 4.31 Å². The predicted octanol–water partition coefficient (Wildman–Crippen LogP) is 1.13. The zero-order valence-corrected chi connectivity index (χ0v) is 12.7. The van der Waals surface area contributed by atoms with Crippen molar-refractivity contribution in [1.29, 1.82) is 0 Å². The number of rotatable bonds is 3. The molecule has 100 valence electrons. The lowest BCUT2D eigenvalue weighted by Crippen LogP contribution is -2.43. The molecule has 0 aromatic carbocycles. The van der Waals surface area contributed by atoms with Crippen LogP contribution in [0.3, 0.4) is 0 Å². The van der Waals surface area contributed by atoms with E-state index in [1.165, 1.54) is 12.7 Å². The van der Waals surface area contributed by atoms with Gasteiger partial charge in [0.05, 0.1) is 6.26 Å². The quantitative estimate of drug-likeness (QED) is 0.731. The minimum absolute atomic E-state index is 0.510. The van der Waals surface area contributed by atoms with E-state index >= 15 is 0 Å². The summed E-state index contributed by atoms with van der Waals surface area (Å²) in [5.74, 6) is 0.510. The smallest absolute Gasteiger partial charge is 0.211 e. The van der Waals surface area contributed by atoms with Crippen LogP contribution < -0.4 is 0 Å². The van der Waals surface area contributed by atoms with Crippen molar-refractivity contribution in [3.63, 3.8) is 0 Å². The molecule has 2 unspecified atom stereocenters. The van der Waals surface area contributed by atoms with Crippen LogP contribution in [0.25, 0.3) is 0 Å². The van der Waals surface area contributed by atoms with Gasteiger partial charge in [0.2, 0.25) is 10.0 Å². The number of hydrogen-bond acceptors (Lipinski definition) is 3. The maximum Gasteiger partial charge on any atom is 0.211 e. The van der Waals surface area contributed by atoms with Crippen LogP contribution in [-0.2, 0) is 10.0 Å². The number of alkyl halides is 1. The molecule has 0 N–H and O–H groups in total. The van der Waals surface area contributed by atoms with Gasteiger partial charge >= 0.3 is 0 Å². The number of sulfonamides is 1. The summed E-state index contributed by atoms with van der Waals surface area (Å²) in [7, 11) is -3.00. The Morgan fingerprint density at radius 2 is 2.00 bits per heavy atom. The molecule has 2 aliphatic heterocycles. The van der Waals surface area contributed by atoms with E-state index < -0.39 is 10.0 Å². The first kappa shape index (κ1) is 13.8. The lowest BCUT2D eigenvalue weighted by Gasteiger charge is -2.33. The minimum atomic E-state index is -3.00. The second-order valence-corrected chi connectivity index (χ2v) is 8.55. The van der Waals surface area contributed by atoms with Gasteiger partial charge < -0.3 is 4.90 Å². The number of likely N-dealkylation sites (tertiary alicyclic amines) is 1. The molecule has 2 heterocycles. The van der Waals surface area contributed by atoms with Crippen LogP contribution in [0.2, 0.25) is 0 Å². The highest BCUT2D eigenvalue weighted by molar-refractivity contribution is 9.09.